The first-order valence-electron chi connectivity index (χ1n) is 8.26. The Kier molecular flexibility index (Phi) is 6.19. The Morgan fingerprint density at radius 2 is 1.61 bits per heavy atom. The van der Waals surface area contributed by atoms with Crippen molar-refractivity contribution < 1.29 is 14.4 Å². The lowest BCUT2D eigenvalue weighted by molar-refractivity contribution is -0.130. The highest BCUT2D eigenvalue weighted by atomic mass is 16.2. The first-order valence-corrected chi connectivity index (χ1v) is 8.26. The topological polar surface area (TPSA) is 78.5 Å². The van der Waals surface area contributed by atoms with Gasteiger partial charge in [0, 0.05) is 24.5 Å². The predicted molar refractivity (Wildman–Crippen MR) is 90.0 cm³/mol. The molecule has 0 saturated carbocycles. The fourth-order valence-electron chi connectivity index (χ4n) is 2.62. The Bertz CT molecular complexity index is 441. The molecular formula is C17H31N3O3. The van der Waals surface area contributed by atoms with Gasteiger partial charge in [-0.15, -0.1) is 0 Å². The summed E-state index contributed by atoms with van der Waals surface area (Å²) in [5.41, 5.74) is -0.872. The zero-order chi connectivity index (χ0) is 17.8. The van der Waals surface area contributed by atoms with E-state index in [9.17, 15) is 14.4 Å². The van der Waals surface area contributed by atoms with Gasteiger partial charge in [0.1, 0.15) is 0 Å². The van der Waals surface area contributed by atoms with Gasteiger partial charge in [-0.1, -0.05) is 41.5 Å². The molecule has 1 aliphatic rings. The second-order valence-electron chi connectivity index (χ2n) is 8.45. The van der Waals surface area contributed by atoms with Crippen LogP contribution in [0.5, 0.6) is 0 Å². The summed E-state index contributed by atoms with van der Waals surface area (Å²) in [6.07, 6.45) is 2.31. The SMILES string of the molecule is CC(C)(C)C(=O)C(NC(=O)NC1CCN(C=O)CC1)C(C)(C)C. The number of carbonyl (C=O) groups is 3. The molecule has 0 aromatic carbocycles. The number of nitrogens with one attached hydrogen (secondary N) is 2. The summed E-state index contributed by atoms with van der Waals surface area (Å²) in [5.74, 6) is 0.0240. The van der Waals surface area contributed by atoms with Crippen LogP contribution in [0.2, 0.25) is 0 Å². The van der Waals surface area contributed by atoms with E-state index >= 15 is 0 Å². The minimum absolute atomic E-state index is 0.0240. The molecule has 1 unspecified atom stereocenters. The maximum Gasteiger partial charge on any atom is 0.315 e. The number of rotatable bonds is 4. The number of amides is 3. The molecule has 1 atom stereocenters. The maximum absolute atomic E-state index is 12.6. The normalized spacial score (nSPS) is 18.3. The van der Waals surface area contributed by atoms with Crippen molar-refractivity contribution in [3.8, 4) is 0 Å². The maximum atomic E-state index is 12.6. The number of carbonyl (C=O) groups excluding carboxylic acids is 3. The van der Waals surface area contributed by atoms with E-state index in [1.165, 1.54) is 0 Å². The highest BCUT2D eigenvalue weighted by molar-refractivity contribution is 5.92. The molecule has 0 radical (unpaired) electrons. The molecule has 3 amide bonds. The van der Waals surface area contributed by atoms with Crippen molar-refractivity contribution in [1.82, 2.24) is 15.5 Å². The third-order valence-electron chi connectivity index (χ3n) is 4.16. The summed E-state index contributed by atoms with van der Waals surface area (Å²) in [5, 5.41) is 5.78. The van der Waals surface area contributed by atoms with Crippen LogP contribution in [0.1, 0.15) is 54.4 Å². The van der Waals surface area contributed by atoms with E-state index in [0.717, 1.165) is 19.3 Å². The Morgan fingerprint density at radius 3 is 2.00 bits per heavy atom. The van der Waals surface area contributed by atoms with Gasteiger partial charge in [0.05, 0.1) is 6.04 Å². The minimum Gasteiger partial charge on any atom is -0.345 e. The zero-order valence-corrected chi connectivity index (χ0v) is 15.2. The molecule has 0 spiro atoms. The average Bonchev–Trinajstić information content (AvgIpc) is 2.42. The molecule has 6 nitrogen and oxygen atoms in total. The lowest BCUT2D eigenvalue weighted by Gasteiger charge is -2.35. The number of nitrogens with zero attached hydrogens (tertiary/aromatic N) is 1. The number of hydrogen-bond acceptors (Lipinski definition) is 3. The van der Waals surface area contributed by atoms with Crippen molar-refractivity contribution >= 4 is 18.2 Å². The van der Waals surface area contributed by atoms with E-state index < -0.39 is 11.5 Å². The second-order valence-corrected chi connectivity index (χ2v) is 8.45. The molecule has 23 heavy (non-hydrogen) atoms. The van der Waals surface area contributed by atoms with E-state index in [1.54, 1.807) is 4.90 Å². The molecule has 1 heterocycles. The molecule has 1 aliphatic heterocycles. The van der Waals surface area contributed by atoms with Gasteiger partial charge in [0.15, 0.2) is 5.78 Å². The summed E-state index contributed by atoms with van der Waals surface area (Å²) < 4.78 is 0. The van der Waals surface area contributed by atoms with Crippen LogP contribution in [-0.2, 0) is 9.59 Å². The van der Waals surface area contributed by atoms with Gasteiger partial charge >= 0.3 is 6.03 Å². The second kappa shape index (κ2) is 7.32. The quantitative estimate of drug-likeness (QED) is 0.775. The Labute approximate surface area is 139 Å². The van der Waals surface area contributed by atoms with Crippen LogP contribution in [-0.4, -0.2) is 48.3 Å². The van der Waals surface area contributed by atoms with Crippen LogP contribution in [0.15, 0.2) is 0 Å². The monoisotopic (exact) mass is 325 g/mol. The van der Waals surface area contributed by atoms with Crippen LogP contribution >= 0.6 is 0 Å². The summed E-state index contributed by atoms with van der Waals surface area (Å²) in [6, 6.07) is -0.818. The largest absolute Gasteiger partial charge is 0.345 e. The van der Waals surface area contributed by atoms with Crippen LogP contribution in [0, 0.1) is 10.8 Å². The predicted octanol–water partition coefficient (Wildman–Crippen LogP) is 1.94. The van der Waals surface area contributed by atoms with Crippen molar-refractivity contribution in [3.63, 3.8) is 0 Å². The molecule has 1 rings (SSSR count). The van der Waals surface area contributed by atoms with E-state index in [-0.39, 0.29) is 23.3 Å². The number of piperidine rings is 1. The van der Waals surface area contributed by atoms with Gasteiger partial charge in [-0.25, -0.2) is 4.79 Å². The Hall–Kier alpha value is -1.59. The minimum atomic E-state index is -0.544. The van der Waals surface area contributed by atoms with E-state index in [2.05, 4.69) is 10.6 Å². The average molecular weight is 325 g/mol. The number of hydrogen-bond donors (Lipinski definition) is 2. The molecule has 1 fully saturated rings. The smallest absolute Gasteiger partial charge is 0.315 e. The third-order valence-corrected chi connectivity index (χ3v) is 4.16. The van der Waals surface area contributed by atoms with Gasteiger partial charge in [-0.3, -0.25) is 9.59 Å². The van der Waals surface area contributed by atoms with E-state index in [0.29, 0.717) is 13.1 Å². The molecule has 0 aromatic rings. The van der Waals surface area contributed by atoms with Crippen molar-refractivity contribution in [3.05, 3.63) is 0 Å². The van der Waals surface area contributed by atoms with Crippen LogP contribution in [0.25, 0.3) is 0 Å². The van der Waals surface area contributed by atoms with Gasteiger partial charge in [-0.05, 0) is 18.3 Å². The number of Topliss-reactive ketones (excluding diaryl/α,β-unsaturated/α-hetero) is 1. The highest BCUT2D eigenvalue weighted by Gasteiger charge is 2.38. The van der Waals surface area contributed by atoms with Gasteiger partial charge in [0.25, 0.3) is 0 Å². The van der Waals surface area contributed by atoms with Crippen molar-refractivity contribution in [1.29, 1.82) is 0 Å². The molecule has 132 valence electrons. The number of urea groups is 1. The van der Waals surface area contributed by atoms with Gasteiger partial charge < -0.3 is 15.5 Å². The van der Waals surface area contributed by atoms with Crippen molar-refractivity contribution in [2.24, 2.45) is 10.8 Å². The first-order chi connectivity index (χ1) is 10.4. The zero-order valence-electron chi connectivity index (χ0n) is 15.2. The summed E-state index contributed by atoms with van der Waals surface area (Å²) in [6.45, 7) is 12.7. The fraction of sp³-hybridized carbons (Fsp3) is 0.824. The number of ketones is 1. The van der Waals surface area contributed by atoms with Crippen molar-refractivity contribution in [2.75, 3.05) is 13.1 Å². The lowest BCUT2D eigenvalue weighted by Crippen LogP contribution is -2.57. The number of likely N-dealkylation sites (tertiary alicyclic amines) is 1. The van der Waals surface area contributed by atoms with E-state index in [4.69, 9.17) is 0 Å². The molecule has 0 bridgehead atoms. The third kappa shape index (κ3) is 5.84. The standard InChI is InChI=1S/C17H31N3O3/c1-16(2,3)13(14(22)17(4,5)6)19-15(23)18-12-7-9-20(11-21)10-8-12/h11-13H,7-10H2,1-6H3,(H2,18,19,23). The first kappa shape index (κ1) is 19.5. The Balaban J connectivity index is 2.65. The Morgan fingerprint density at radius 1 is 1.09 bits per heavy atom. The highest BCUT2D eigenvalue weighted by Crippen LogP contribution is 2.27. The van der Waals surface area contributed by atoms with Gasteiger partial charge in [-0.2, -0.15) is 0 Å². The molecule has 0 aliphatic carbocycles. The molecular weight excluding hydrogens is 294 g/mol. The van der Waals surface area contributed by atoms with Gasteiger partial charge in [0.2, 0.25) is 6.41 Å². The lowest BCUT2D eigenvalue weighted by atomic mass is 9.76. The van der Waals surface area contributed by atoms with Crippen LogP contribution in [0.4, 0.5) is 4.79 Å². The molecule has 0 aromatic heterocycles. The summed E-state index contributed by atoms with van der Waals surface area (Å²) in [7, 11) is 0. The fourth-order valence-corrected chi connectivity index (χ4v) is 2.62. The molecule has 2 N–H and O–H groups in total. The summed E-state index contributed by atoms with van der Waals surface area (Å²) in [4.78, 5) is 37.3. The van der Waals surface area contributed by atoms with Crippen LogP contribution < -0.4 is 10.6 Å². The molecule has 6 heteroatoms. The summed E-state index contributed by atoms with van der Waals surface area (Å²) >= 11 is 0. The van der Waals surface area contributed by atoms with E-state index in [1.807, 2.05) is 41.5 Å². The van der Waals surface area contributed by atoms with Crippen LogP contribution in [0.3, 0.4) is 0 Å². The molecule has 1 saturated heterocycles. The van der Waals surface area contributed by atoms with Crippen molar-refractivity contribution in [2.45, 2.75) is 66.5 Å².